The van der Waals surface area contributed by atoms with Gasteiger partial charge in [-0.1, -0.05) is 41.5 Å². The van der Waals surface area contributed by atoms with E-state index in [0.29, 0.717) is 5.92 Å². The van der Waals surface area contributed by atoms with Gasteiger partial charge in [0, 0.05) is 4.75 Å². The molecule has 0 saturated carbocycles. The van der Waals surface area contributed by atoms with Crippen molar-refractivity contribution in [3.63, 3.8) is 0 Å². The Kier molecular flexibility index (Phi) is 4.36. The summed E-state index contributed by atoms with van der Waals surface area (Å²) >= 11 is 4.84. The van der Waals surface area contributed by atoms with Crippen LogP contribution in [0.2, 0.25) is 0 Å². The molecule has 0 nitrogen and oxygen atoms in total. The van der Waals surface area contributed by atoms with E-state index in [1.54, 1.807) is 0 Å². The lowest BCUT2D eigenvalue weighted by Crippen LogP contribution is -2.40. The highest BCUT2D eigenvalue weighted by molar-refractivity contribution is 7.81. The second-order valence-electron chi connectivity index (χ2n) is 5.93. The van der Waals surface area contributed by atoms with Crippen LogP contribution in [-0.2, 0) is 0 Å². The third kappa shape index (κ3) is 3.53. The van der Waals surface area contributed by atoms with Crippen molar-refractivity contribution in [3.8, 4) is 0 Å². The maximum Gasteiger partial charge on any atom is 0.0175 e. The average molecular weight is 202 g/mol. The summed E-state index contributed by atoms with van der Waals surface area (Å²) in [5.41, 5.74) is 0.268. The minimum Gasteiger partial charge on any atom is -0.172 e. The zero-order chi connectivity index (χ0) is 10.9. The zero-order valence-corrected chi connectivity index (χ0v) is 11.2. The molecule has 0 rings (SSSR count). The third-order valence-corrected chi connectivity index (χ3v) is 4.41. The molecule has 0 N–H and O–H groups in total. The molecule has 0 fully saturated rings. The van der Waals surface area contributed by atoms with Crippen LogP contribution in [0.15, 0.2) is 0 Å². The first-order valence-corrected chi connectivity index (χ1v) is 5.76. The Balaban J connectivity index is 4.45. The fourth-order valence-electron chi connectivity index (χ4n) is 1.68. The third-order valence-electron chi connectivity index (χ3n) is 3.30. The van der Waals surface area contributed by atoms with Gasteiger partial charge in [0.1, 0.15) is 0 Å². The van der Waals surface area contributed by atoms with Crippen molar-refractivity contribution in [3.05, 3.63) is 0 Å². The van der Waals surface area contributed by atoms with Crippen LogP contribution in [0.25, 0.3) is 0 Å². The molecule has 0 aliphatic carbocycles. The molecule has 0 aliphatic rings. The van der Waals surface area contributed by atoms with E-state index < -0.39 is 0 Å². The Morgan fingerprint density at radius 3 is 1.62 bits per heavy atom. The van der Waals surface area contributed by atoms with Crippen LogP contribution in [-0.4, -0.2) is 4.75 Å². The highest BCUT2D eigenvalue weighted by atomic mass is 32.1. The van der Waals surface area contributed by atoms with Crippen molar-refractivity contribution in [1.82, 2.24) is 0 Å². The molecule has 0 aliphatic heterocycles. The number of rotatable bonds is 3. The molecule has 0 aromatic heterocycles. The van der Waals surface area contributed by atoms with Crippen LogP contribution in [0, 0.1) is 17.3 Å². The molecule has 0 heterocycles. The van der Waals surface area contributed by atoms with Crippen molar-refractivity contribution in [1.29, 1.82) is 0 Å². The summed E-state index contributed by atoms with van der Waals surface area (Å²) in [6, 6.07) is 0. The van der Waals surface area contributed by atoms with Crippen molar-refractivity contribution >= 4 is 12.6 Å². The molecule has 2 unspecified atom stereocenters. The molecule has 0 aromatic rings. The minimum absolute atomic E-state index is 0.122. The van der Waals surface area contributed by atoms with Crippen LogP contribution in [0.1, 0.15) is 54.9 Å². The summed E-state index contributed by atoms with van der Waals surface area (Å²) in [5.74, 6) is 1.43. The van der Waals surface area contributed by atoms with Crippen LogP contribution in [0.4, 0.5) is 0 Å². The maximum absolute atomic E-state index is 4.84. The second kappa shape index (κ2) is 4.25. The SMILES string of the molecule is CC(C)CC(C)C(C)(S)C(C)(C)C. The van der Waals surface area contributed by atoms with Crippen molar-refractivity contribution in [2.45, 2.75) is 59.6 Å². The Labute approximate surface area is 89.9 Å². The van der Waals surface area contributed by atoms with Gasteiger partial charge in [0.15, 0.2) is 0 Å². The van der Waals surface area contributed by atoms with Gasteiger partial charge in [-0.15, -0.1) is 0 Å². The fraction of sp³-hybridized carbons (Fsp3) is 1.00. The van der Waals surface area contributed by atoms with Crippen LogP contribution < -0.4 is 0 Å². The van der Waals surface area contributed by atoms with Gasteiger partial charge >= 0.3 is 0 Å². The molecular formula is C12H26S. The molecule has 0 spiro atoms. The smallest absolute Gasteiger partial charge is 0.0175 e. The standard InChI is InChI=1S/C12H26S/c1-9(2)8-10(3)12(7,13)11(4,5)6/h9-10,13H,8H2,1-7H3. The quantitative estimate of drug-likeness (QED) is 0.644. The fourth-order valence-corrected chi connectivity index (χ4v) is 1.78. The summed E-state index contributed by atoms with van der Waals surface area (Å²) in [6.07, 6.45) is 1.26. The molecule has 80 valence electrons. The van der Waals surface area contributed by atoms with E-state index in [1.165, 1.54) is 6.42 Å². The van der Waals surface area contributed by atoms with Crippen LogP contribution in [0.5, 0.6) is 0 Å². The topological polar surface area (TPSA) is 0 Å². The summed E-state index contributed by atoms with van der Waals surface area (Å²) in [7, 11) is 0. The highest BCUT2D eigenvalue weighted by Gasteiger charge is 2.38. The normalized spacial score (nSPS) is 20.1. The summed E-state index contributed by atoms with van der Waals surface area (Å²) in [6.45, 7) is 16.0. The molecule has 2 atom stereocenters. The Morgan fingerprint density at radius 2 is 1.38 bits per heavy atom. The number of hydrogen-bond acceptors (Lipinski definition) is 1. The van der Waals surface area contributed by atoms with Gasteiger partial charge in [-0.2, -0.15) is 12.6 Å². The highest BCUT2D eigenvalue weighted by Crippen LogP contribution is 2.43. The lowest BCUT2D eigenvalue weighted by atomic mass is 9.72. The monoisotopic (exact) mass is 202 g/mol. The van der Waals surface area contributed by atoms with Gasteiger partial charge in [0.05, 0.1) is 0 Å². The Hall–Kier alpha value is 0.350. The van der Waals surface area contributed by atoms with Gasteiger partial charge in [-0.25, -0.2) is 0 Å². The van der Waals surface area contributed by atoms with Crippen molar-refractivity contribution in [2.24, 2.45) is 17.3 Å². The molecule has 0 bridgehead atoms. The molecule has 0 aromatic carbocycles. The van der Waals surface area contributed by atoms with E-state index >= 15 is 0 Å². The summed E-state index contributed by atoms with van der Waals surface area (Å²) < 4.78 is 0.122. The van der Waals surface area contributed by atoms with E-state index in [2.05, 4.69) is 48.5 Å². The maximum atomic E-state index is 4.84. The molecular weight excluding hydrogens is 176 g/mol. The lowest BCUT2D eigenvalue weighted by Gasteiger charge is -2.43. The van der Waals surface area contributed by atoms with Crippen molar-refractivity contribution in [2.75, 3.05) is 0 Å². The number of hydrogen-bond donors (Lipinski definition) is 1. The number of thiol groups is 1. The molecule has 0 radical (unpaired) electrons. The molecule has 1 heteroatoms. The first kappa shape index (κ1) is 13.4. The van der Waals surface area contributed by atoms with E-state index in [0.717, 1.165) is 5.92 Å². The largest absolute Gasteiger partial charge is 0.172 e. The van der Waals surface area contributed by atoms with Gasteiger partial charge in [0.25, 0.3) is 0 Å². The molecule has 0 saturated heterocycles. The van der Waals surface area contributed by atoms with Crippen LogP contribution >= 0.6 is 12.6 Å². The van der Waals surface area contributed by atoms with Gasteiger partial charge in [0.2, 0.25) is 0 Å². The van der Waals surface area contributed by atoms with Crippen LogP contribution in [0.3, 0.4) is 0 Å². The summed E-state index contributed by atoms with van der Waals surface area (Å²) in [5, 5.41) is 0. The van der Waals surface area contributed by atoms with E-state index in [9.17, 15) is 0 Å². The Bertz CT molecular complexity index is 151. The van der Waals surface area contributed by atoms with E-state index in [1.807, 2.05) is 0 Å². The zero-order valence-electron chi connectivity index (χ0n) is 10.3. The van der Waals surface area contributed by atoms with Crippen molar-refractivity contribution < 1.29 is 0 Å². The second-order valence-corrected chi connectivity index (χ2v) is 6.86. The predicted molar refractivity (Wildman–Crippen MR) is 65.5 cm³/mol. The minimum atomic E-state index is 0.122. The first-order valence-electron chi connectivity index (χ1n) is 5.31. The summed E-state index contributed by atoms with van der Waals surface area (Å²) in [4.78, 5) is 0. The molecule has 13 heavy (non-hydrogen) atoms. The van der Waals surface area contributed by atoms with Gasteiger partial charge in [-0.3, -0.25) is 0 Å². The Morgan fingerprint density at radius 1 is 1.00 bits per heavy atom. The average Bonchev–Trinajstić information content (AvgIpc) is 1.82. The van der Waals surface area contributed by atoms with Gasteiger partial charge in [-0.05, 0) is 30.6 Å². The lowest BCUT2D eigenvalue weighted by molar-refractivity contribution is 0.207. The first-order chi connectivity index (χ1) is 5.59. The predicted octanol–water partition coefficient (Wildman–Crippen LogP) is 4.40. The van der Waals surface area contributed by atoms with Gasteiger partial charge < -0.3 is 0 Å². The molecule has 0 amide bonds. The van der Waals surface area contributed by atoms with E-state index in [4.69, 9.17) is 12.6 Å². The van der Waals surface area contributed by atoms with E-state index in [-0.39, 0.29) is 10.2 Å².